The molecule has 0 bridgehead atoms. The second kappa shape index (κ2) is 6.36. The molecule has 0 atom stereocenters. The summed E-state index contributed by atoms with van der Waals surface area (Å²) in [5.41, 5.74) is 6.31. The Hall–Kier alpha value is -3.47. The van der Waals surface area contributed by atoms with E-state index >= 15 is 0 Å². The van der Waals surface area contributed by atoms with Gasteiger partial charge < -0.3 is 4.74 Å². The van der Waals surface area contributed by atoms with Crippen LogP contribution in [0, 0.1) is 0 Å². The third kappa shape index (κ3) is 2.87. The zero-order chi connectivity index (χ0) is 18.2. The van der Waals surface area contributed by atoms with Gasteiger partial charge in [0.2, 0.25) is 0 Å². The quantitative estimate of drug-likeness (QED) is 0.715. The van der Waals surface area contributed by atoms with E-state index < -0.39 is 0 Å². The Labute approximate surface area is 157 Å². The van der Waals surface area contributed by atoms with E-state index in [9.17, 15) is 4.79 Å². The van der Waals surface area contributed by atoms with Crippen molar-refractivity contribution in [3.8, 4) is 5.75 Å². The van der Waals surface area contributed by atoms with Gasteiger partial charge in [-0.2, -0.15) is 0 Å². The lowest BCUT2D eigenvalue weighted by molar-refractivity contribution is 0.135. The third-order valence-corrected chi connectivity index (χ3v) is 4.94. The van der Waals surface area contributed by atoms with Crippen molar-refractivity contribution in [2.75, 3.05) is 0 Å². The number of fused-ring (bicyclic) bond motifs is 2. The van der Waals surface area contributed by atoms with Crippen LogP contribution in [0.4, 0.5) is 4.79 Å². The van der Waals surface area contributed by atoms with Gasteiger partial charge in [-0.1, -0.05) is 30.3 Å². The maximum absolute atomic E-state index is 12.4. The Morgan fingerprint density at radius 2 is 1.81 bits per heavy atom. The van der Waals surface area contributed by atoms with Crippen molar-refractivity contribution in [3.63, 3.8) is 0 Å². The van der Waals surface area contributed by atoms with Crippen LogP contribution >= 0.6 is 0 Å². The first-order valence-corrected chi connectivity index (χ1v) is 8.89. The predicted molar refractivity (Wildman–Crippen MR) is 102 cm³/mol. The lowest BCUT2D eigenvalue weighted by Gasteiger charge is -2.28. The number of rotatable bonds is 3. The van der Waals surface area contributed by atoms with Gasteiger partial charge in [-0.25, -0.2) is 4.79 Å². The number of nitrogens with zero attached hydrogens (tertiary/aromatic N) is 3. The predicted octanol–water partition coefficient (Wildman–Crippen LogP) is 3.95. The van der Waals surface area contributed by atoms with Crippen LogP contribution in [0.2, 0.25) is 0 Å². The van der Waals surface area contributed by atoms with Crippen LogP contribution in [0.15, 0.2) is 72.0 Å². The molecular weight excluding hydrogens is 338 g/mol. The molecule has 5 heteroatoms. The molecular formula is C22H17N3O2. The molecule has 0 fully saturated rings. The van der Waals surface area contributed by atoms with Gasteiger partial charge in [0.25, 0.3) is 0 Å². The minimum absolute atomic E-state index is 0.306. The largest absolute Gasteiger partial charge is 0.415 e. The van der Waals surface area contributed by atoms with Gasteiger partial charge >= 0.3 is 6.09 Å². The maximum Gasteiger partial charge on any atom is 0.415 e. The van der Waals surface area contributed by atoms with Crippen LogP contribution in [0.25, 0.3) is 0 Å². The average Bonchev–Trinajstić information content (AvgIpc) is 3.11. The van der Waals surface area contributed by atoms with Gasteiger partial charge in [0, 0.05) is 35.6 Å². The van der Waals surface area contributed by atoms with Crippen molar-refractivity contribution in [1.29, 1.82) is 0 Å². The van der Waals surface area contributed by atoms with E-state index in [0.717, 1.165) is 33.5 Å². The minimum Gasteiger partial charge on any atom is -0.410 e. The molecule has 0 saturated heterocycles. The van der Waals surface area contributed by atoms with Crippen molar-refractivity contribution < 1.29 is 9.53 Å². The highest BCUT2D eigenvalue weighted by Gasteiger charge is 2.28. The molecule has 2 aliphatic heterocycles. The summed E-state index contributed by atoms with van der Waals surface area (Å²) >= 11 is 0. The molecule has 0 radical (unpaired) electrons. The lowest BCUT2D eigenvalue weighted by Crippen LogP contribution is -2.36. The number of hydrogen-bond acceptors (Lipinski definition) is 4. The SMILES string of the molecule is O=C1Oc2cc3c(cc2CN1Cc1ccccc1)C(c1ccncc1)=NC3. The Balaban J connectivity index is 1.46. The number of hydrogen-bond donors (Lipinski definition) is 0. The van der Waals surface area contributed by atoms with Gasteiger partial charge in [-0.15, -0.1) is 0 Å². The lowest BCUT2D eigenvalue weighted by atomic mass is 9.97. The average molecular weight is 355 g/mol. The molecule has 3 aromatic rings. The normalized spacial score (nSPS) is 15.0. The van der Waals surface area contributed by atoms with Crippen LogP contribution in [-0.2, 0) is 19.6 Å². The molecule has 3 heterocycles. The van der Waals surface area contributed by atoms with Gasteiger partial charge in [-0.3, -0.25) is 14.9 Å². The van der Waals surface area contributed by atoms with Crippen molar-refractivity contribution in [1.82, 2.24) is 9.88 Å². The molecule has 0 saturated carbocycles. The second-order valence-electron chi connectivity index (χ2n) is 6.73. The Kier molecular flexibility index (Phi) is 3.71. The van der Waals surface area contributed by atoms with Crippen LogP contribution in [0.5, 0.6) is 5.75 Å². The number of carbonyl (C=O) groups excluding carboxylic acids is 1. The standard InChI is InChI=1S/C22H17N3O2/c26-22-25(13-15-4-2-1-3-5-15)14-18-10-19-17(11-20(18)27-22)12-24-21(19)16-6-8-23-9-7-16/h1-11H,12-14H2. The maximum atomic E-state index is 12.4. The van der Waals surface area contributed by atoms with Crippen molar-refractivity contribution >= 4 is 11.8 Å². The topological polar surface area (TPSA) is 54.8 Å². The fourth-order valence-corrected chi connectivity index (χ4v) is 3.60. The van der Waals surface area contributed by atoms with E-state index in [2.05, 4.69) is 16.0 Å². The van der Waals surface area contributed by atoms with Crippen LogP contribution in [-0.4, -0.2) is 21.7 Å². The number of ether oxygens (including phenoxy) is 1. The van der Waals surface area contributed by atoms with E-state index in [1.807, 2.05) is 48.5 Å². The molecule has 132 valence electrons. The monoisotopic (exact) mass is 355 g/mol. The van der Waals surface area contributed by atoms with Crippen LogP contribution in [0.1, 0.15) is 27.8 Å². The number of aromatic nitrogens is 1. The smallest absolute Gasteiger partial charge is 0.410 e. The van der Waals surface area contributed by atoms with E-state index in [1.165, 1.54) is 0 Å². The van der Waals surface area contributed by atoms with Gasteiger partial charge in [0.05, 0.1) is 18.8 Å². The summed E-state index contributed by atoms with van der Waals surface area (Å²) in [5.74, 6) is 0.647. The molecule has 5 nitrogen and oxygen atoms in total. The molecule has 2 aliphatic rings. The highest BCUT2D eigenvalue weighted by Crippen LogP contribution is 2.34. The Bertz CT molecular complexity index is 1050. The third-order valence-electron chi connectivity index (χ3n) is 4.94. The summed E-state index contributed by atoms with van der Waals surface area (Å²) in [6.45, 7) is 1.66. The van der Waals surface area contributed by atoms with Crippen molar-refractivity contribution in [3.05, 3.63) is 94.8 Å². The summed E-state index contributed by atoms with van der Waals surface area (Å²) in [5, 5.41) is 0. The number of pyridine rings is 1. The molecule has 1 aromatic heterocycles. The highest BCUT2D eigenvalue weighted by atomic mass is 16.6. The first-order valence-electron chi connectivity index (χ1n) is 8.89. The molecule has 0 unspecified atom stereocenters. The molecule has 27 heavy (non-hydrogen) atoms. The van der Waals surface area contributed by atoms with E-state index in [1.54, 1.807) is 17.3 Å². The van der Waals surface area contributed by atoms with Crippen LogP contribution < -0.4 is 4.74 Å². The fourth-order valence-electron chi connectivity index (χ4n) is 3.60. The number of amides is 1. The minimum atomic E-state index is -0.306. The van der Waals surface area contributed by atoms with Gasteiger partial charge in [0.15, 0.2) is 0 Å². The molecule has 5 rings (SSSR count). The summed E-state index contributed by atoms with van der Waals surface area (Å²) in [6, 6.07) is 18.0. The van der Waals surface area contributed by atoms with E-state index in [-0.39, 0.29) is 6.09 Å². The molecule has 1 amide bonds. The Morgan fingerprint density at radius 1 is 1.00 bits per heavy atom. The van der Waals surface area contributed by atoms with E-state index in [4.69, 9.17) is 4.74 Å². The molecule has 0 spiro atoms. The number of carbonyl (C=O) groups is 1. The summed E-state index contributed by atoms with van der Waals surface area (Å²) in [4.78, 5) is 22.9. The zero-order valence-electron chi connectivity index (χ0n) is 14.6. The highest BCUT2D eigenvalue weighted by molar-refractivity contribution is 6.15. The summed E-state index contributed by atoms with van der Waals surface area (Å²) in [7, 11) is 0. The molecule has 0 N–H and O–H groups in total. The first-order chi connectivity index (χ1) is 13.3. The van der Waals surface area contributed by atoms with Crippen molar-refractivity contribution in [2.45, 2.75) is 19.6 Å². The fraction of sp³-hybridized carbons (Fsp3) is 0.136. The van der Waals surface area contributed by atoms with Crippen molar-refractivity contribution in [2.24, 2.45) is 4.99 Å². The summed E-state index contributed by atoms with van der Waals surface area (Å²) < 4.78 is 5.61. The Morgan fingerprint density at radius 3 is 2.63 bits per heavy atom. The van der Waals surface area contributed by atoms with Gasteiger partial charge in [0.1, 0.15) is 5.75 Å². The zero-order valence-corrected chi connectivity index (χ0v) is 14.6. The second-order valence-corrected chi connectivity index (χ2v) is 6.73. The number of benzene rings is 2. The molecule has 0 aliphatic carbocycles. The first kappa shape index (κ1) is 15.8. The van der Waals surface area contributed by atoms with Gasteiger partial charge in [-0.05, 0) is 35.4 Å². The van der Waals surface area contributed by atoms with E-state index in [0.29, 0.717) is 25.4 Å². The summed E-state index contributed by atoms with van der Waals surface area (Å²) in [6.07, 6.45) is 3.24. The molecule has 2 aromatic carbocycles. The number of aliphatic imine (C=N–C) groups is 1. The van der Waals surface area contributed by atoms with Crippen LogP contribution in [0.3, 0.4) is 0 Å².